The van der Waals surface area contributed by atoms with Crippen LogP contribution in [-0.4, -0.2) is 20.7 Å². The van der Waals surface area contributed by atoms with E-state index in [1.54, 1.807) is 36.4 Å². The van der Waals surface area contributed by atoms with Crippen molar-refractivity contribution in [2.75, 3.05) is 5.32 Å². The second-order valence-electron chi connectivity index (χ2n) is 7.62. The Morgan fingerprint density at radius 3 is 2.74 bits per heavy atom. The van der Waals surface area contributed by atoms with Crippen LogP contribution in [0.1, 0.15) is 23.8 Å². The van der Waals surface area contributed by atoms with Crippen LogP contribution in [-0.2, 0) is 0 Å². The van der Waals surface area contributed by atoms with E-state index in [0.717, 1.165) is 0 Å². The van der Waals surface area contributed by atoms with E-state index in [0.29, 0.717) is 44.3 Å². The SMILES string of the molecule is O=c1[nH]c(=O)c(C2=Nc3ccccc3NC(c3ccc(-c4ccc(Br)cc4[N+](=O)[O-])o3)C2)c(O)s1. The Bertz CT molecular complexity index is 1620. The van der Waals surface area contributed by atoms with Gasteiger partial charge in [0.15, 0.2) is 5.06 Å². The molecule has 1 aliphatic rings. The van der Waals surface area contributed by atoms with Gasteiger partial charge >= 0.3 is 4.87 Å². The lowest BCUT2D eigenvalue weighted by Gasteiger charge is -2.16. The first-order valence-electron chi connectivity index (χ1n) is 10.2. The average Bonchev–Trinajstić information content (AvgIpc) is 3.21. The number of nitrogens with zero attached hydrogens (tertiary/aromatic N) is 2. The molecule has 3 heterocycles. The minimum absolute atomic E-state index is 0.0894. The van der Waals surface area contributed by atoms with Gasteiger partial charge in [0.05, 0.1) is 33.6 Å². The molecule has 0 aliphatic carbocycles. The fourth-order valence-electron chi connectivity index (χ4n) is 3.87. The number of aromatic hydroxyl groups is 1. The molecule has 1 unspecified atom stereocenters. The number of anilines is 1. The van der Waals surface area contributed by atoms with Crippen molar-refractivity contribution in [2.45, 2.75) is 12.5 Å². The van der Waals surface area contributed by atoms with Gasteiger partial charge in [-0.25, -0.2) is 0 Å². The number of nitrogens with one attached hydrogen (secondary N) is 2. The highest BCUT2D eigenvalue weighted by Gasteiger charge is 2.28. The number of furan rings is 1. The normalized spacial score (nSPS) is 15.0. The third-order valence-electron chi connectivity index (χ3n) is 5.41. The van der Waals surface area contributed by atoms with Crippen molar-refractivity contribution < 1.29 is 14.4 Å². The summed E-state index contributed by atoms with van der Waals surface area (Å²) < 4.78 is 6.61. The summed E-state index contributed by atoms with van der Waals surface area (Å²) in [6.07, 6.45) is 0.131. The largest absolute Gasteiger partial charge is 0.499 e. The summed E-state index contributed by atoms with van der Waals surface area (Å²) in [6, 6.07) is 14.6. The molecule has 0 bridgehead atoms. The number of aliphatic imine (C=N–C) groups is 1. The zero-order valence-corrected chi connectivity index (χ0v) is 20.1. The summed E-state index contributed by atoms with van der Waals surface area (Å²) in [5.74, 6) is 0.748. The number of aromatic nitrogens is 1. The number of rotatable bonds is 4. The molecule has 2 aromatic heterocycles. The lowest BCUT2D eigenvalue weighted by atomic mass is 10.0. The van der Waals surface area contributed by atoms with Gasteiger partial charge in [0, 0.05) is 17.0 Å². The minimum Gasteiger partial charge on any atom is -0.499 e. The van der Waals surface area contributed by atoms with Crippen LogP contribution in [0.5, 0.6) is 5.06 Å². The quantitative estimate of drug-likeness (QED) is 0.234. The number of hydrogen-bond acceptors (Lipinski definition) is 9. The number of halogens is 1. The summed E-state index contributed by atoms with van der Waals surface area (Å²) in [4.78, 5) is 41.3. The number of H-pyrrole nitrogens is 1. The van der Waals surface area contributed by atoms with Gasteiger partial charge in [-0.3, -0.25) is 29.7 Å². The van der Waals surface area contributed by atoms with Crippen LogP contribution in [0.15, 0.2) is 78.1 Å². The van der Waals surface area contributed by atoms with Gasteiger partial charge in [-0.1, -0.05) is 28.1 Å². The number of benzene rings is 2. The summed E-state index contributed by atoms with van der Waals surface area (Å²) in [5.41, 5.74) is 0.833. The molecule has 3 N–H and O–H groups in total. The average molecular weight is 555 g/mol. The summed E-state index contributed by atoms with van der Waals surface area (Å²) in [5, 5.41) is 24.9. The fourth-order valence-corrected chi connectivity index (χ4v) is 4.85. The molecule has 2 aromatic carbocycles. The van der Waals surface area contributed by atoms with E-state index in [4.69, 9.17) is 4.42 Å². The first-order chi connectivity index (χ1) is 16.8. The Kier molecular flexibility index (Phi) is 5.83. The summed E-state index contributed by atoms with van der Waals surface area (Å²) in [6.45, 7) is 0. The van der Waals surface area contributed by atoms with Gasteiger partial charge in [0.2, 0.25) is 0 Å². The maximum Gasteiger partial charge on any atom is 0.310 e. The highest BCUT2D eigenvalue weighted by molar-refractivity contribution is 9.10. The number of hydrogen-bond donors (Lipinski definition) is 3. The zero-order valence-electron chi connectivity index (χ0n) is 17.6. The molecule has 10 nitrogen and oxygen atoms in total. The second kappa shape index (κ2) is 8.96. The first kappa shape index (κ1) is 22.7. The number of para-hydroxylation sites is 2. The van der Waals surface area contributed by atoms with Crippen molar-refractivity contribution in [3.63, 3.8) is 0 Å². The van der Waals surface area contributed by atoms with Gasteiger partial charge in [-0.2, -0.15) is 0 Å². The maximum atomic E-state index is 12.5. The second-order valence-corrected chi connectivity index (χ2v) is 9.50. The molecule has 35 heavy (non-hydrogen) atoms. The van der Waals surface area contributed by atoms with Gasteiger partial charge in [-0.05, 0) is 47.7 Å². The molecular weight excluding hydrogens is 540 g/mol. The molecule has 0 saturated heterocycles. The van der Waals surface area contributed by atoms with Crippen molar-refractivity contribution in [1.29, 1.82) is 0 Å². The van der Waals surface area contributed by atoms with E-state index in [2.05, 4.69) is 31.2 Å². The lowest BCUT2D eigenvalue weighted by molar-refractivity contribution is -0.384. The van der Waals surface area contributed by atoms with Crippen molar-refractivity contribution >= 4 is 50.0 Å². The van der Waals surface area contributed by atoms with Gasteiger partial charge in [-0.15, -0.1) is 0 Å². The van der Waals surface area contributed by atoms with Crippen LogP contribution in [0.2, 0.25) is 0 Å². The Balaban J connectivity index is 1.60. The molecule has 12 heteroatoms. The van der Waals surface area contributed by atoms with Crippen LogP contribution in [0.25, 0.3) is 11.3 Å². The summed E-state index contributed by atoms with van der Waals surface area (Å²) >= 11 is 3.76. The van der Waals surface area contributed by atoms with Crippen molar-refractivity contribution in [2.24, 2.45) is 4.99 Å². The molecule has 0 fully saturated rings. The Labute approximate surface area is 208 Å². The lowest BCUT2D eigenvalue weighted by Crippen LogP contribution is -2.25. The van der Waals surface area contributed by atoms with Gasteiger partial charge < -0.3 is 14.8 Å². The molecule has 5 rings (SSSR count). The predicted octanol–water partition coefficient (Wildman–Crippen LogP) is 5.11. The summed E-state index contributed by atoms with van der Waals surface area (Å²) in [7, 11) is 0. The van der Waals surface area contributed by atoms with Crippen LogP contribution in [0.4, 0.5) is 17.1 Å². The minimum atomic E-state index is -0.742. The predicted molar refractivity (Wildman–Crippen MR) is 135 cm³/mol. The van der Waals surface area contributed by atoms with E-state index < -0.39 is 26.5 Å². The standard InChI is InChI=1S/C23H15BrN4O6S/c24-11-5-6-12(17(9-11)28(32)33)18-7-8-19(34-18)15-10-16(20-21(29)27-23(31)35-22(20)30)26-14-4-2-1-3-13(14)25-15/h1-9,15,25,30H,10H2,(H,27,29,31). The molecule has 0 spiro atoms. The Morgan fingerprint density at radius 1 is 1.17 bits per heavy atom. The van der Waals surface area contributed by atoms with Crippen molar-refractivity contribution in [3.8, 4) is 16.4 Å². The van der Waals surface area contributed by atoms with Crippen LogP contribution in [0, 0.1) is 10.1 Å². The van der Waals surface area contributed by atoms with E-state index in [9.17, 15) is 24.8 Å². The third-order valence-corrected chi connectivity index (χ3v) is 6.59. The van der Waals surface area contributed by atoms with Crippen molar-refractivity contribution in [3.05, 3.63) is 101 Å². The number of aromatic amines is 1. The number of nitro benzene ring substituents is 1. The van der Waals surface area contributed by atoms with E-state index in [1.807, 2.05) is 12.1 Å². The van der Waals surface area contributed by atoms with E-state index >= 15 is 0 Å². The first-order valence-corrected chi connectivity index (χ1v) is 11.8. The monoisotopic (exact) mass is 554 g/mol. The van der Waals surface area contributed by atoms with E-state index in [1.165, 1.54) is 6.07 Å². The van der Waals surface area contributed by atoms with Crippen LogP contribution >= 0.6 is 27.3 Å². The fraction of sp³-hybridized carbons (Fsp3) is 0.0870. The van der Waals surface area contributed by atoms with Crippen LogP contribution < -0.4 is 15.7 Å². The number of fused-ring (bicyclic) bond motifs is 1. The number of nitro groups is 1. The molecule has 176 valence electrons. The molecule has 0 amide bonds. The van der Waals surface area contributed by atoms with E-state index in [-0.39, 0.29) is 23.4 Å². The molecule has 1 aliphatic heterocycles. The molecule has 0 radical (unpaired) electrons. The zero-order chi connectivity index (χ0) is 24.7. The highest BCUT2D eigenvalue weighted by Crippen LogP contribution is 2.39. The van der Waals surface area contributed by atoms with Crippen LogP contribution in [0.3, 0.4) is 0 Å². The van der Waals surface area contributed by atoms with Gasteiger partial charge in [0.25, 0.3) is 11.2 Å². The topological polar surface area (TPSA) is 151 Å². The van der Waals surface area contributed by atoms with Crippen molar-refractivity contribution in [1.82, 2.24) is 4.98 Å². The molecule has 0 saturated carbocycles. The molecule has 4 aromatic rings. The Hall–Kier alpha value is -4.03. The maximum absolute atomic E-state index is 12.5. The molecule has 1 atom stereocenters. The smallest absolute Gasteiger partial charge is 0.310 e. The third kappa shape index (κ3) is 4.40. The highest BCUT2D eigenvalue weighted by atomic mass is 79.9. The molecular formula is C23H15BrN4O6S. The van der Waals surface area contributed by atoms with Gasteiger partial charge in [0.1, 0.15) is 17.1 Å². The Morgan fingerprint density at radius 2 is 1.97 bits per heavy atom.